The molecule has 98 valence electrons. The van der Waals surface area contributed by atoms with Crippen LogP contribution in [0, 0.1) is 5.92 Å². The molecule has 0 aliphatic carbocycles. The maximum absolute atomic E-state index is 11.7. The highest BCUT2D eigenvalue weighted by molar-refractivity contribution is 5.80. The van der Waals surface area contributed by atoms with E-state index in [0.29, 0.717) is 19.0 Å². The molecule has 5 heteroatoms. The highest BCUT2D eigenvalue weighted by atomic mass is 16.4. The summed E-state index contributed by atoms with van der Waals surface area (Å²) in [6.45, 7) is 6.24. The molecule has 1 heterocycles. The summed E-state index contributed by atoms with van der Waals surface area (Å²) in [6.07, 6.45) is 1.07. The molecule has 0 spiro atoms. The average Bonchev–Trinajstić information content (AvgIpc) is 2.21. The molecule has 0 bridgehead atoms. The molecule has 0 aromatic carbocycles. The summed E-state index contributed by atoms with van der Waals surface area (Å²) in [6, 6.07) is -0.194. The van der Waals surface area contributed by atoms with Gasteiger partial charge < -0.3 is 10.0 Å². The first-order chi connectivity index (χ1) is 7.90. The van der Waals surface area contributed by atoms with E-state index < -0.39 is 5.97 Å². The minimum Gasteiger partial charge on any atom is -0.481 e. The lowest BCUT2D eigenvalue weighted by Gasteiger charge is -2.38. The van der Waals surface area contributed by atoms with Crippen LogP contribution < -0.4 is 0 Å². The molecular formula is C12H22N2O3. The summed E-state index contributed by atoms with van der Waals surface area (Å²) in [4.78, 5) is 26.1. The summed E-state index contributed by atoms with van der Waals surface area (Å²) in [5.74, 6) is -0.228. The highest BCUT2D eigenvalue weighted by Crippen LogP contribution is 2.13. The number of hydrogen-bond acceptors (Lipinski definition) is 3. The lowest BCUT2D eigenvalue weighted by atomic mass is 10.1. The molecule has 5 nitrogen and oxygen atoms in total. The Morgan fingerprint density at radius 1 is 1.53 bits per heavy atom. The Balaban J connectivity index is 2.54. The largest absolute Gasteiger partial charge is 0.481 e. The second-order valence-corrected chi connectivity index (χ2v) is 5.17. The van der Waals surface area contributed by atoms with E-state index in [1.807, 2.05) is 0 Å². The molecule has 1 saturated heterocycles. The Kier molecular flexibility index (Phi) is 4.93. The number of nitrogens with zero attached hydrogens (tertiary/aromatic N) is 2. The van der Waals surface area contributed by atoms with Gasteiger partial charge in [-0.3, -0.25) is 14.5 Å². The normalized spacial score (nSPS) is 22.2. The van der Waals surface area contributed by atoms with Gasteiger partial charge in [-0.05, 0) is 18.9 Å². The van der Waals surface area contributed by atoms with E-state index in [1.54, 1.807) is 11.9 Å². The zero-order chi connectivity index (χ0) is 13.0. The predicted octanol–water partition coefficient (Wildman–Crippen LogP) is 0.650. The molecule has 1 atom stereocenters. The van der Waals surface area contributed by atoms with Gasteiger partial charge in [0.05, 0.1) is 19.0 Å². The van der Waals surface area contributed by atoms with Gasteiger partial charge in [-0.1, -0.05) is 13.8 Å². The van der Waals surface area contributed by atoms with E-state index in [1.165, 1.54) is 0 Å². The van der Waals surface area contributed by atoms with Gasteiger partial charge in [0.25, 0.3) is 0 Å². The maximum Gasteiger partial charge on any atom is 0.305 e. The van der Waals surface area contributed by atoms with Crippen LogP contribution in [0.2, 0.25) is 0 Å². The monoisotopic (exact) mass is 242 g/mol. The van der Waals surface area contributed by atoms with E-state index in [0.717, 1.165) is 13.0 Å². The maximum atomic E-state index is 11.7. The van der Waals surface area contributed by atoms with Crippen molar-refractivity contribution < 1.29 is 14.7 Å². The number of hydrogen-bond donors (Lipinski definition) is 1. The van der Waals surface area contributed by atoms with Crippen LogP contribution in [0.25, 0.3) is 0 Å². The van der Waals surface area contributed by atoms with Gasteiger partial charge >= 0.3 is 5.97 Å². The fourth-order valence-electron chi connectivity index (χ4n) is 2.01. The minimum absolute atomic E-state index is 0.0197. The van der Waals surface area contributed by atoms with Gasteiger partial charge in [-0.2, -0.15) is 0 Å². The molecule has 0 aromatic heterocycles. The van der Waals surface area contributed by atoms with Crippen molar-refractivity contribution in [3.05, 3.63) is 0 Å². The highest BCUT2D eigenvalue weighted by Gasteiger charge is 2.30. The summed E-state index contributed by atoms with van der Waals surface area (Å²) in [7, 11) is 1.69. The second kappa shape index (κ2) is 6.00. The first-order valence-corrected chi connectivity index (χ1v) is 6.10. The number of carbonyl (C=O) groups excluding carboxylic acids is 1. The van der Waals surface area contributed by atoms with E-state index in [-0.39, 0.29) is 18.4 Å². The van der Waals surface area contributed by atoms with Gasteiger partial charge in [-0.25, -0.2) is 0 Å². The Morgan fingerprint density at radius 2 is 2.18 bits per heavy atom. The van der Waals surface area contributed by atoms with Crippen molar-refractivity contribution in [2.45, 2.75) is 32.7 Å². The van der Waals surface area contributed by atoms with Crippen molar-refractivity contribution in [3.8, 4) is 0 Å². The zero-order valence-corrected chi connectivity index (χ0v) is 10.8. The fraction of sp³-hybridized carbons (Fsp3) is 0.833. The molecule has 1 unspecified atom stereocenters. The van der Waals surface area contributed by atoms with E-state index in [4.69, 9.17) is 5.11 Å². The molecule has 17 heavy (non-hydrogen) atoms. The number of carbonyl (C=O) groups is 2. The van der Waals surface area contributed by atoms with Crippen molar-refractivity contribution in [1.82, 2.24) is 9.80 Å². The number of piperazine rings is 1. The molecular weight excluding hydrogens is 220 g/mol. The Labute approximate surface area is 102 Å². The number of carboxylic acids is 1. The Morgan fingerprint density at radius 3 is 2.71 bits per heavy atom. The number of likely N-dealkylation sites (N-methyl/N-ethyl adjacent to an activating group) is 1. The van der Waals surface area contributed by atoms with Crippen molar-refractivity contribution in [3.63, 3.8) is 0 Å². The van der Waals surface area contributed by atoms with Crippen LogP contribution >= 0.6 is 0 Å². The number of carboxylic acid groups (broad SMARTS) is 1. The first kappa shape index (κ1) is 14.0. The standard InChI is InChI=1S/C12H22N2O3/c1-9(2)4-5-14-7-10(6-12(16)17)13(3)11(15)8-14/h9-10H,4-8H2,1-3H3,(H,16,17). The lowest BCUT2D eigenvalue weighted by molar-refractivity contribution is -0.143. The van der Waals surface area contributed by atoms with Gasteiger partial charge in [0.2, 0.25) is 5.91 Å². The molecule has 0 saturated carbocycles. The smallest absolute Gasteiger partial charge is 0.305 e. The molecule has 0 aromatic rings. The van der Waals surface area contributed by atoms with Crippen LogP contribution in [0.15, 0.2) is 0 Å². The summed E-state index contributed by atoms with van der Waals surface area (Å²) in [5, 5.41) is 8.82. The third-order valence-electron chi connectivity index (χ3n) is 3.20. The van der Waals surface area contributed by atoms with Crippen molar-refractivity contribution >= 4 is 11.9 Å². The third kappa shape index (κ3) is 4.34. The van der Waals surface area contributed by atoms with Crippen molar-refractivity contribution in [2.75, 3.05) is 26.7 Å². The third-order valence-corrected chi connectivity index (χ3v) is 3.20. The Bertz CT molecular complexity index is 291. The number of aliphatic carboxylic acids is 1. The second-order valence-electron chi connectivity index (χ2n) is 5.17. The topological polar surface area (TPSA) is 60.9 Å². The van der Waals surface area contributed by atoms with Crippen LogP contribution in [-0.2, 0) is 9.59 Å². The van der Waals surface area contributed by atoms with Crippen LogP contribution in [0.5, 0.6) is 0 Å². The van der Waals surface area contributed by atoms with E-state index in [2.05, 4.69) is 18.7 Å². The predicted molar refractivity (Wildman–Crippen MR) is 64.7 cm³/mol. The van der Waals surface area contributed by atoms with E-state index >= 15 is 0 Å². The van der Waals surface area contributed by atoms with E-state index in [9.17, 15) is 9.59 Å². The molecule has 1 amide bonds. The van der Waals surface area contributed by atoms with Gasteiger partial charge in [0.15, 0.2) is 0 Å². The average molecular weight is 242 g/mol. The van der Waals surface area contributed by atoms with Crippen LogP contribution in [0.4, 0.5) is 0 Å². The molecule has 1 aliphatic rings. The fourth-order valence-corrected chi connectivity index (χ4v) is 2.01. The molecule has 1 aliphatic heterocycles. The summed E-state index contributed by atoms with van der Waals surface area (Å²) >= 11 is 0. The van der Waals surface area contributed by atoms with Crippen LogP contribution in [0.3, 0.4) is 0 Å². The number of amides is 1. The summed E-state index contributed by atoms with van der Waals surface area (Å²) in [5.41, 5.74) is 0. The van der Waals surface area contributed by atoms with Crippen molar-refractivity contribution in [2.24, 2.45) is 5.92 Å². The SMILES string of the molecule is CC(C)CCN1CC(=O)N(C)C(CC(=O)O)C1. The molecule has 0 radical (unpaired) electrons. The minimum atomic E-state index is -0.847. The first-order valence-electron chi connectivity index (χ1n) is 6.10. The number of rotatable bonds is 5. The molecule has 1 N–H and O–H groups in total. The lowest BCUT2D eigenvalue weighted by Crippen LogP contribution is -2.55. The summed E-state index contributed by atoms with van der Waals surface area (Å²) < 4.78 is 0. The van der Waals surface area contributed by atoms with Crippen molar-refractivity contribution in [1.29, 1.82) is 0 Å². The van der Waals surface area contributed by atoms with Gasteiger partial charge in [0.1, 0.15) is 0 Å². The Hall–Kier alpha value is -1.10. The van der Waals surface area contributed by atoms with Gasteiger partial charge in [-0.15, -0.1) is 0 Å². The quantitative estimate of drug-likeness (QED) is 0.769. The van der Waals surface area contributed by atoms with Crippen LogP contribution in [0.1, 0.15) is 26.7 Å². The molecule has 1 fully saturated rings. The zero-order valence-electron chi connectivity index (χ0n) is 10.8. The molecule has 1 rings (SSSR count). The van der Waals surface area contributed by atoms with Crippen LogP contribution in [-0.4, -0.2) is 59.5 Å². The van der Waals surface area contributed by atoms with Gasteiger partial charge in [0, 0.05) is 13.6 Å².